The molecule has 0 unspecified atom stereocenters. The van der Waals surface area contributed by atoms with Crippen LogP contribution in [-0.2, 0) is 11.3 Å². The van der Waals surface area contributed by atoms with Gasteiger partial charge in [-0.25, -0.2) is 0 Å². The molecular weight excluding hydrogens is 392 g/mol. The molecule has 0 aromatic heterocycles. The van der Waals surface area contributed by atoms with Gasteiger partial charge in [0.25, 0.3) is 5.91 Å². The average Bonchev–Trinajstić information content (AvgIpc) is 2.60. The largest absolute Gasteiger partial charge is 0.482 e. The van der Waals surface area contributed by atoms with Crippen LogP contribution in [0.5, 0.6) is 5.75 Å². The third kappa shape index (κ3) is 7.47. The number of para-hydroxylation sites is 2. The van der Waals surface area contributed by atoms with Crippen molar-refractivity contribution >= 4 is 11.6 Å². The highest BCUT2D eigenvalue weighted by atomic mass is 19.4. The summed E-state index contributed by atoms with van der Waals surface area (Å²) < 4.78 is 82.2. The van der Waals surface area contributed by atoms with Crippen LogP contribution in [0.4, 0.5) is 32.0 Å². The molecule has 0 saturated heterocycles. The molecular formula is C18H15F6NO3. The predicted molar refractivity (Wildman–Crippen MR) is 88.1 cm³/mol. The van der Waals surface area contributed by atoms with Crippen molar-refractivity contribution in [3.05, 3.63) is 59.7 Å². The van der Waals surface area contributed by atoms with Crippen LogP contribution in [0.25, 0.3) is 0 Å². The van der Waals surface area contributed by atoms with E-state index in [9.17, 15) is 31.1 Å². The molecule has 0 saturated carbocycles. The normalized spacial score (nSPS) is 11.9. The fraction of sp³-hybridized carbons (Fsp3) is 0.278. The molecule has 0 bridgehead atoms. The molecule has 0 aliphatic rings. The van der Waals surface area contributed by atoms with Gasteiger partial charge in [-0.1, -0.05) is 24.3 Å². The summed E-state index contributed by atoms with van der Waals surface area (Å²) in [7, 11) is 0. The fourth-order valence-corrected chi connectivity index (χ4v) is 2.09. The molecule has 28 heavy (non-hydrogen) atoms. The molecule has 2 aromatic carbocycles. The van der Waals surface area contributed by atoms with E-state index in [0.29, 0.717) is 5.56 Å². The van der Waals surface area contributed by atoms with Gasteiger partial charge < -0.3 is 14.8 Å². The second-order valence-corrected chi connectivity index (χ2v) is 5.66. The molecule has 10 heteroatoms. The highest BCUT2D eigenvalue weighted by molar-refractivity contribution is 6.05. The first-order valence-corrected chi connectivity index (χ1v) is 7.87. The summed E-state index contributed by atoms with van der Waals surface area (Å²) in [4.78, 5) is 12.3. The first-order valence-electron chi connectivity index (χ1n) is 7.87. The highest BCUT2D eigenvalue weighted by Gasteiger charge is 2.29. The number of alkyl halides is 6. The van der Waals surface area contributed by atoms with E-state index in [1.807, 2.05) is 0 Å². The second-order valence-electron chi connectivity index (χ2n) is 5.66. The number of halogens is 6. The summed E-state index contributed by atoms with van der Waals surface area (Å²) in [6.07, 6.45) is -8.96. The number of hydrogen-bond donors (Lipinski definition) is 1. The van der Waals surface area contributed by atoms with Crippen molar-refractivity contribution in [2.75, 3.05) is 18.5 Å². The maximum Gasteiger partial charge on any atom is 0.422 e. The number of ether oxygens (including phenoxy) is 2. The van der Waals surface area contributed by atoms with Crippen LogP contribution < -0.4 is 10.1 Å². The molecule has 2 aromatic rings. The molecule has 1 amide bonds. The molecule has 0 aliphatic heterocycles. The van der Waals surface area contributed by atoms with Gasteiger partial charge in [0.05, 0.1) is 12.3 Å². The predicted octanol–water partition coefficient (Wildman–Crippen LogP) is 4.96. The summed E-state index contributed by atoms with van der Waals surface area (Å²) in [6, 6.07) is 11.2. The van der Waals surface area contributed by atoms with E-state index in [-0.39, 0.29) is 23.6 Å². The summed E-state index contributed by atoms with van der Waals surface area (Å²) in [5.41, 5.74) is 0.634. The number of carbonyl (C=O) groups excluding carboxylic acids is 1. The lowest BCUT2D eigenvalue weighted by molar-refractivity contribution is -0.176. The second kappa shape index (κ2) is 8.96. The number of rotatable bonds is 7. The Labute approximate surface area is 156 Å². The minimum atomic E-state index is -4.53. The summed E-state index contributed by atoms with van der Waals surface area (Å²) in [5, 5.41) is 2.43. The van der Waals surface area contributed by atoms with Gasteiger partial charge in [0.1, 0.15) is 12.4 Å². The van der Waals surface area contributed by atoms with Crippen molar-refractivity contribution < 1.29 is 40.6 Å². The minimum Gasteiger partial charge on any atom is -0.482 e. The van der Waals surface area contributed by atoms with E-state index in [1.54, 1.807) is 0 Å². The maximum atomic E-state index is 12.3. The van der Waals surface area contributed by atoms with E-state index >= 15 is 0 Å². The van der Waals surface area contributed by atoms with Crippen molar-refractivity contribution in [2.24, 2.45) is 0 Å². The SMILES string of the molecule is O=C(Nc1ccccc1OCC(F)(F)F)c1ccc(COCC(F)(F)F)cc1. The number of carbonyl (C=O) groups is 1. The molecule has 0 aliphatic carbocycles. The Bertz CT molecular complexity index is 787. The van der Waals surface area contributed by atoms with Gasteiger partial charge in [0, 0.05) is 5.56 Å². The van der Waals surface area contributed by atoms with Gasteiger partial charge in [-0.3, -0.25) is 4.79 Å². The smallest absolute Gasteiger partial charge is 0.422 e. The summed E-state index contributed by atoms with van der Waals surface area (Å²) in [5.74, 6) is -0.767. The van der Waals surface area contributed by atoms with Crippen molar-refractivity contribution in [3.63, 3.8) is 0 Å². The summed E-state index contributed by atoms with van der Waals surface area (Å²) >= 11 is 0. The number of benzene rings is 2. The lowest BCUT2D eigenvalue weighted by Crippen LogP contribution is -2.20. The van der Waals surface area contributed by atoms with Gasteiger partial charge in [-0.2, -0.15) is 26.3 Å². The monoisotopic (exact) mass is 407 g/mol. The van der Waals surface area contributed by atoms with Crippen LogP contribution in [0.3, 0.4) is 0 Å². The zero-order valence-electron chi connectivity index (χ0n) is 14.2. The van der Waals surface area contributed by atoms with Crippen LogP contribution in [0, 0.1) is 0 Å². The minimum absolute atomic E-state index is 0.0503. The molecule has 0 fully saturated rings. The molecule has 4 nitrogen and oxygen atoms in total. The Morgan fingerprint density at radius 1 is 0.857 bits per heavy atom. The van der Waals surface area contributed by atoms with E-state index in [2.05, 4.69) is 14.8 Å². The van der Waals surface area contributed by atoms with E-state index in [1.165, 1.54) is 48.5 Å². The average molecular weight is 407 g/mol. The lowest BCUT2D eigenvalue weighted by Gasteiger charge is -2.14. The van der Waals surface area contributed by atoms with Gasteiger partial charge in [-0.15, -0.1) is 0 Å². The van der Waals surface area contributed by atoms with Crippen molar-refractivity contribution in [1.29, 1.82) is 0 Å². The highest BCUT2D eigenvalue weighted by Crippen LogP contribution is 2.27. The zero-order chi connectivity index (χ0) is 20.8. The number of hydrogen-bond acceptors (Lipinski definition) is 3. The van der Waals surface area contributed by atoms with Gasteiger partial charge in [-0.05, 0) is 29.8 Å². The standard InChI is InChI=1S/C18H15F6NO3/c19-17(20,21)10-27-9-12-5-7-13(8-6-12)16(26)25-14-3-1-2-4-15(14)28-11-18(22,23)24/h1-8H,9-11H2,(H,25,26). The molecule has 152 valence electrons. The van der Waals surface area contributed by atoms with Crippen molar-refractivity contribution in [1.82, 2.24) is 0 Å². The Balaban J connectivity index is 1.98. The van der Waals surface area contributed by atoms with Crippen LogP contribution >= 0.6 is 0 Å². The zero-order valence-corrected chi connectivity index (χ0v) is 14.2. The van der Waals surface area contributed by atoms with Crippen LogP contribution in [0.15, 0.2) is 48.5 Å². The molecule has 0 atom stereocenters. The Morgan fingerprint density at radius 3 is 2.07 bits per heavy atom. The van der Waals surface area contributed by atoms with Gasteiger partial charge in [0.15, 0.2) is 6.61 Å². The number of anilines is 1. The van der Waals surface area contributed by atoms with Crippen LogP contribution in [-0.4, -0.2) is 31.5 Å². The van der Waals surface area contributed by atoms with Crippen LogP contribution in [0.2, 0.25) is 0 Å². The topological polar surface area (TPSA) is 47.6 Å². The Kier molecular flexibility index (Phi) is 6.90. The number of amides is 1. The van der Waals surface area contributed by atoms with Crippen molar-refractivity contribution in [3.8, 4) is 5.75 Å². The lowest BCUT2D eigenvalue weighted by atomic mass is 10.1. The molecule has 0 spiro atoms. The van der Waals surface area contributed by atoms with Gasteiger partial charge in [0.2, 0.25) is 0 Å². The molecule has 0 radical (unpaired) electrons. The Hall–Kier alpha value is -2.75. The molecule has 0 heterocycles. The van der Waals surface area contributed by atoms with E-state index in [4.69, 9.17) is 0 Å². The maximum absolute atomic E-state index is 12.3. The van der Waals surface area contributed by atoms with E-state index < -0.39 is 31.5 Å². The quantitative estimate of drug-likeness (QED) is 0.660. The molecule has 2 rings (SSSR count). The Morgan fingerprint density at radius 2 is 1.46 bits per heavy atom. The fourth-order valence-electron chi connectivity index (χ4n) is 2.09. The summed E-state index contributed by atoms with van der Waals surface area (Å²) in [6.45, 7) is -3.17. The van der Waals surface area contributed by atoms with E-state index in [0.717, 1.165) is 0 Å². The van der Waals surface area contributed by atoms with Gasteiger partial charge >= 0.3 is 12.4 Å². The van der Waals surface area contributed by atoms with Crippen molar-refractivity contribution in [2.45, 2.75) is 19.0 Å². The third-order valence-electron chi connectivity index (χ3n) is 3.28. The van der Waals surface area contributed by atoms with Crippen LogP contribution in [0.1, 0.15) is 15.9 Å². The first kappa shape index (κ1) is 21.5. The number of nitrogens with one attached hydrogen (secondary N) is 1. The first-order chi connectivity index (χ1) is 13.0. The molecule has 1 N–H and O–H groups in total. The third-order valence-corrected chi connectivity index (χ3v) is 3.28.